The van der Waals surface area contributed by atoms with Gasteiger partial charge in [-0.2, -0.15) is 0 Å². The van der Waals surface area contributed by atoms with Gasteiger partial charge in [0.1, 0.15) is 17.4 Å². The summed E-state index contributed by atoms with van der Waals surface area (Å²) in [7, 11) is 0. The Hall–Kier alpha value is -2.22. The number of piperidine rings is 1. The predicted octanol–water partition coefficient (Wildman–Crippen LogP) is 3.75. The highest BCUT2D eigenvalue weighted by atomic mass is 32.1. The van der Waals surface area contributed by atoms with E-state index in [0.29, 0.717) is 13.2 Å². The number of amides is 1. The minimum atomic E-state index is -0.116. The van der Waals surface area contributed by atoms with E-state index in [1.54, 1.807) is 17.6 Å². The maximum atomic E-state index is 12.3. The minimum absolute atomic E-state index is 0.0286. The average Bonchev–Trinajstić information content (AvgIpc) is 3.38. The number of carbonyl (C=O) groups excluding carboxylic acids is 1. The highest BCUT2D eigenvalue weighted by molar-refractivity contribution is 7.18. The molecular formula is C21H25N3O3S. The number of para-hydroxylation sites is 1. The molecule has 7 heteroatoms. The van der Waals surface area contributed by atoms with Gasteiger partial charge in [-0.15, -0.1) is 11.3 Å². The monoisotopic (exact) mass is 399 g/mol. The van der Waals surface area contributed by atoms with E-state index in [4.69, 9.17) is 9.15 Å². The molecule has 0 radical (unpaired) electrons. The van der Waals surface area contributed by atoms with Crippen molar-refractivity contribution in [1.29, 1.82) is 0 Å². The number of rotatable bonds is 8. The molecule has 3 heterocycles. The number of thiazole rings is 1. The van der Waals surface area contributed by atoms with Crippen LogP contribution < -0.4 is 5.32 Å². The Morgan fingerprint density at radius 1 is 1.21 bits per heavy atom. The lowest BCUT2D eigenvalue weighted by Gasteiger charge is -2.33. The van der Waals surface area contributed by atoms with Crippen LogP contribution in [0.3, 0.4) is 0 Å². The Labute approximate surface area is 168 Å². The Morgan fingerprint density at radius 2 is 2.07 bits per heavy atom. The molecule has 1 N–H and O–H groups in total. The number of hydrogen-bond acceptors (Lipinski definition) is 6. The van der Waals surface area contributed by atoms with E-state index in [-0.39, 0.29) is 18.6 Å². The number of carbonyl (C=O) groups is 1. The highest BCUT2D eigenvalue weighted by Crippen LogP contribution is 2.24. The molecule has 1 fully saturated rings. The van der Waals surface area contributed by atoms with E-state index in [0.717, 1.165) is 34.1 Å². The smallest absolute Gasteiger partial charge is 0.246 e. The van der Waals surface area contributed by atoms with Gasteiger partial charge in [0, 0.05) is 6.54 Å². The Kier molecular flexibility index (Phi) is 6.36. The molecule has 1 aromatic carbocycles. The summed E-state index contributed by atoms with van der Waals surface area (Å²) in [6.07, 6.45) is 5.34. The van der Waals surface area contributed by atoms with E-state index in [9.17, 15) is 4.79 Å². The molecule has 0 saturated carbocycles. The van der Waals surface area contributed by atoms with Crippen LogP contribution in [-0.2, 0) is 16.1 Å². The van der Waals surface area contributed by atoms with E-state index >= 15 is 0 Å². The van der Waals surface area contributed by atoms with Gasteiger partial charge in [0.25, 0.3) is 0 Å². The fourth-order valence-corrected chi connectivity index (χ4v) is 4.50. The number of nitrogens with zero attached hydrogens (tertiary/aromatic N) is 2. The van der Waals surface area contributed by atoms with Gasteiger partial charge in [0.05, 0.1) is 29.1 Å². The van der Waals surface area contributed by atoms with Crippen LogP contribution >= 0.6 is 11.3 Å². The van der Waals surface area contributed by atoms with Gasteiger partial charge in [-0.05, 0) is 50.2 Å². The minimum Gasteiger partial charge on any atom is -0.468 e. The van der Waals surface area contributed by atoms with Crippen LogP contribution in [0.1, 0.15) is 36.1 Å². The lowest BCUT2D eigenvalue weighted by Crippen LogP contribution is -2.41. The summed E-state index contributed by atoms with van der Waals surface area (Å²) in [5.41, 5.74) is 0.971. The number of aromatic nitrogens is 1. The van der Waals surface area contributed by atoms with E-state index < -0.39 is 0 Å². The molecule has 3 aromatic rings. The average molecular weight is 400 g/mol. The van der Waals surface area contributed by atoms with Crippen LogP contribution in [-0.4, -0.2) is 42.0 Å². The summed E-state index contributed by atoms with van der Waals surface area (Å²) >= 11 is 1.60. The standard InChI is InChI=1S/C21H25N3O3S/c25-20(14-26-15-21-23-16-7-2-3-9-19(16)28-21)22-13-17(18-8-6-12-27-18)24-10-4-1-5-11-24/h2-3,6-9,12,17H,1,4-5,10-11,13-15H2,(H,22,25). The van der Waals surface area contributed by atoms with Crippen molar-refractivity contribution in [3.05, 3.63) is 53.4 Å². The van der Waals surface area contributed by atoms with Crippen molar-refractivity contribution in [1.82, 2.24) is 15.2 Å². The van der Waals surface area contributed by atoms with Gasteiger partial charge in [0.15, 0.2) is 0 Å². The van der Waals surface area contributed by atoms with Gasteiger partial charge < -0.3 is 14.5 Å². The zero-order chi connectivity index (χ0) is 19.2. The van der Waals surface area contributed by atoms with Crippen molar-refractivity contribution in [3.63, 3.8) is 0 Å². The first kappa shape index (κ1) is 19.1. The maximum absolute atomic E-state index is 12.3. The molecule has 4 rings (SSSR count). The largest absolute Gasteiger partial charge is 0.468 e. The van der Waals surface area contributed by atoms with Crippen LogP contribution in [0.25, 0.3) is 10.2 Å². The molecule has 1 unspecified atom stereocenters. The number of fused-ring (bicyclic) bond motifs is 1. The van der Waals surface area contributed by atoms with Crippen LogP contribution in [0.5, 0.6) is 0 Å². The van der Waals surface area contributed by atoms with E-state index in [1.807, 2.05) is 36.4 Å². The predicted molar refractivity (Wildman–Crippen MR) is 109 cm³/mol. The number of likely N-dealkylation sites (tertiary alicyclic amines) is 1. The quantitative estimate of drug-likeness (QED) is 0.625. The molecule has 1 amide bonds. The number of furan rings is 1. The first-order chi connectivity index (χ1) is 13.8. The van der Waals surface area contributed by atoms with Gasteiger partial charge in [0.2, 0.25) is 5.91 Å². The molecule has 1 atom stereocenters. The second-order valence-corrected chi connectivity index (χ2v) is 8.12. The summed E-state index contributed by atoms with van der Waals surface area (Å²) in [4.78, 5) is 19.2. The van der Waals surface area contributed by atoms with E-state index in [2.05, 4.69) is 15.2 Å². The molecule has 1 saturated heterocycles. The summed E-state index contributed by atoms with van der Waals surface area (Å²) < 4.78 is 12.3. The topological polar surface area (TPSA) is 67.6 Å². The highest BCUT2D eigenvalue weighted by Gasteiger charge is 2.24. The van der Waals surface area contributed by atoms with Crippen molar-refractivity contribution >= 4 is 27.5 Å². The van der Waals surface area contributed by atoms with Crippen molar-refractivity contribution < 1.29 is 13.9 Å². The van der Waals surface area contributed by atoms with Crippen LogP contribution in [0, 0.1) is 0 Å². The first-order valence-electron chi connectivity index (χ1n) is 9.76. The summed E-state index contributed by atoms with van der Waals surface area (Å²) in [6, 6.07) is 11.9. The van der Waals surface area contributed by atoms with Crippen molar-refractivity contribution in [2.75, 3.05) is 26.2 Å². The molecule has 2 aromatic heterocycles. The number of nitrogens with one attached hydrogen (secondary N) is 1. The number of ether oxygens (including phenoxy) is 1. The van der Waals surface area contributed by atoms with Gasteiger partial charge >= 0.3 is 0 Å². The normalized spacial score (nSPS) is 16.3. The Bertz CT molecular complexity index is 854. The summed E-state index contributed by atoms with van der Waals surface area (Å²) in [5, 5.41) is 3.88. The summed E-state index contributed by atoms with van der Waals surface area (Å²) in [5.74, 6) is 0.785. The third kappa shape index (κ3) is 4.79. The molecule has 0 bridgehead atoms. The Morgan fingerprint density at radius 3 is 2.86 bits per heavy atom. The zero-order valence-electron chi connectivity index (χ0n) is 15.8. The van der Waals surface area contributed by atoms with Crippen molar-refractivity contribution in [2.24, 2.45) is 0 Å². The SMILES string of the molecule is O=C(COCc1nc2ccccc2s1)NCC(c1ccco1)N1CCCCC1. The maximum Gasteiger partial charge on any atom is 0.246 e. The van der Waals surface area contributed by atoms with Crippen LogP contribution in [0.2, 0.25) is 0 Å². The van der Waals surface area contributed by atoms with Crippen LogP contribution in [0.15, 0.2) is 47.1 Å². The third-order valence-corrected chi connectivity index (χ3v) is 6.00. The molecule has 28 heavy (non-hydrogen) atoms. The molecule has 0 spiro atoms. The van der Waals surface area contributed by atoms with E-state index in [1.165, 1.54) is 19.3 Å². The fourth-order valence-electron chi connectivity index (χ4n) is 3.59. The fraction of sp³-hybridized carbons (Fsp3) is 0.429. The molecule has 6 nitrogen and oxygen atoms in total. The lowest BCUT2D eigenvalue weighted by atomic mass is 10.1. The summed E-state index contributed by atoms with van der Waals surface area (Å²) in [6.45, 7) is 2.98. The molecule has 1 aliphatic rings. The second kappa shape index (κ2) is 9.32. The lowest BCUT2D eigenvalue weighted by molar-refractivity contribution is -0.126. The van der Waals surface area contributed by atoms with Crippen molar-refractivity contribution in [3.8, 4) is 0 Å². The van der Waals surface area contributed by atoms with Gasteiger partial charge in [-0.1, -0.05) is 18.6 Å². The van der Waals surface area contributed by atoms with Crippen molar-refractivity contribution in [2.45, 2.75) is 31.9 Å². The van der Waals surface area contributed by atoms with Gasteiger partial charge in [-0.3, -0.25) is 9.69 Å². The number of benzene rings is 1. The molecule has 0 aliphatic carbocycles. The second-order valence-electron chi connectivity index (χ2n) is 7.00. The number of hydrogen-bond donors (Lipinski definition) is 1. The molecule has 148 valence electrons. The van der Waals surface area contributed by atoms with Crippen LogP contribution in [0.4, 0.5) is 0 Å². The van der Waals surface area contributed by atoms with Gasteiger partial charge in [-0.25, -0.2) is 4.98 Å². The Balaban J connectivity index is 1.26. The molecular weight excluding hydrogens is 374 g/mol. The third-order valence-electron chi connectivity index (χ3n) is 4.99. The first-order valence-corrected chi connectivity index (χ1v) is 10.6. The molecule has 1 aliphatic heterocycles. The zero-order valence-corrected chi connectivity index (χ0v) is 16.6.